The monoisotopic (exact) mass is 311 g/mol. The van der Waals surface area contributed by atoms with Gasteiger partial charge in [0.05, 0.1) is 5.69 Å². The number of imidazole rings is 1. The number of aryl methyl sites for hydroxylation is 1. The summed E-state index contributed by atoms with van der Waals surface area (Å²) in [5.41, 5.74) is 8.07. The van der Waals surface area contributed by atoms with E-state index in [1.807, 2.05) is 17.7 Å². The maximum Gasteiger partial charge on any atom is 0.132 e. The number of benzene rings is 1. The lowest BCUT2D eigenvalue weighted by atomic mass is 10.1. The largest absolute Gasteiger partial charge is 0.330 e. The fourth-order valence-corrected chi connectivity index (χ4v) is 2.67. The Morgan fingerprint density at radius 3 is 2.78 bits per heavy atom. The minimum absolute atomic E-state index is 0.195. The molecule has 0 amide bonds. The van der Waals surface area contributed by atoms with Crippen molar-refractivity contribution < 1.29 is 4.39 Å². The van der Waals surface area contributed by atoms with Crippen LogP contribution in [0.15, 0.2) is 22.8 Å². The molecule has 0 unspecified atom stereocenters. The van der Waals surface area contributed by atoms with Gasteiger partial charge in [0.2, 0.25) is 0 Å². The first kappa shape index (κ1) is 13.2. The molecule has 2 rings (SSSR count). The average Bonchev–Trinajstić information content (AvgIpc) is 2.59. The highest BCUT2D eigenvalue weighted by molar-refractivity contribution is 9.10. The van der Waals surface area contributed by atoms with Gasteiger partial charge >= 0.3 is 0 Å². The van der Waals surface area contributed by atoms with Crippen molar-refractivity contribution in [1.29, 1.82) is 0 Å². The topological polar surface area (TPSA) is 43.8 Å². The normalized spacial score (nSPS) is 10.9. The molecule has 0 aliphatic rings. The molecule has 0 atom stereocenters. The van der Waals surface area contributed by atoms with Gasteiger partial charge in [0, 0.05) is 19.0 Å². The second-order valence-electron chi connectivity index (χ2n) is 4.23. The third kappa shape index (κ3) is 2.33. The molecule has 96 valence electrons. The van der Waals surface area contributed by atoms with E-state index in [-0.39, 0.29) is 5.82 Å². The molecule has 5 heteroatoms. The summed E-state index contributed by atoms with van der Waals surface area (Å²) in [6, 6.07) is 5.06. The standard InChI is InChI=1S/C13H15BrFN3/c1-8-7-9(3-4-10(8)15)12-13(14)17-11(5-6-16)18(12)2/h3-4,7H,5-6,16H2,1-2H3. The molecule has 0 radical (unpaired) electrons. The van der Waals surface area contributed by atoms with Crippen LogP contribution in [0.2, 0.25) is 0 Å². The van der Waals surface area contributed by atoms with Gasteiger partial charge in [0.25, 0.3) is 0 Å². The molecule has 18 heavy (non-hydrogen) atoms. The summed E-state index contributed by atoms with van der Waals surface area (Å²) in [6.45, 7) is 2.31. The van der Waals surface area contributed by atoms with Gasteiger partial charge in [-0.1, -0.05) is 0 Å². The van der Waals surface area contributed by atoms with Crippen LogP contribution in [0.25, 0.3) is 11.3 Å². The highest BCUT2D eigenvalue weighted by Gasteiger charge is 2.14. The first-order valence-corrected chi connectivity index (χ1v) is 6.51. The SMILES string of the molecule is Cc1cc(-c2c(Br)nc(CCN)n2C)ccc1F. The first-order valence-electron chi connectivity index (χ1n) is 5.72. The Morgan fingerprint density at radius 1 is 1.44 bits per heavy atom. The molecule has 0 saturated heterocycles. The molecule has 2 N–H and O–H groups in total. The summed E-state index contributed by atoms with van der Waals surface area (Å²) >= 11 is 3.45. The van der Waals surface area contributed by atoms with Crippen molar-refractivity contribution in [3.8, 4) is 11.3 Å². The lowest BCUT2D eigenvalue weighted by Crippen LogP contribution is -2.08. The molecular formula is C13H15BrFN3. The Bertz CT molecular complexity index is 578. The summed E-state index contributed by atoms with van der Waals surface area (Å²) in [5.74, 6) is 0.723. The smallest absolute Gasteiger partial charge is 0.132 e. The molecular weight excluding hydrogens is 297 g/mol. The molecule has 0 bridgehead atoms. The molecule has 3 nitrogen and oxygen atoms in total. The van der Waals surface area contributed by atoms with Gasteiger partial charge in [-0.2, -0.15) is 0 Å². The van der Waals surface area contributed by atoms with Crippen LogP contribution < -0.4 is 5.73 Å². The van der Waals surface area contributed by atoms with Gasteiger partial charge in [-0.15, -0.1) is 0 Å². The van der Waals surface area contributed by atoms with E-state index in [1.54, 1.807) is 13.0 Å². The minimum atomic E-state index is -0.195. The molecule has 1 aromatic heterocycles. The van der Waals surface area contributed by atoms with Gasteiger partial charge in [0.1, 0.15) is 16.2 Å². The van der Waals surface area contributed by atoms with Crippen molar-refractivity contribution >= 4 is 15.9 Å². The van der Waals surface area contributed by atoms with Crippen molar-refractivity contribution in [3.05, 3.63) is 40.0 Å². The number of halogens is 2. The zero-order chi connectivity index (χ0) is 13.3. The number of nitrogens with zero attached hydrogens (tertiary/aromatic N) is 2. The Hall–Kier alpha value is -1.20. The van der Waals surface area contributed by atoms with E-state index in [4.69, 9.17) is 5.73 Å². The van der Waals surface area contributed by atoms with Gasteiger partial charge < -0.3 is 10.3 Å². The number of aromatic nitrogens is 2. The molecule has 0 spiro atoms. The highest BCUT2D eigenvalue weighted by atomic mass is 79.9. The van der Waals surface area contributed by atoms with E-state index in [2.05, 4.69) is 20.9 Å². The number of hydrogen-bond acceptors (Lipinski definition) is 2. The summed E-state index contributed by atoms with van der Waals surface area (Å²) in [5, 5.41) is 0. The van der Waals surface area contributed by atoms with E-state index in [0.29, 0.717) is 12.1 Å². The number of hydrogen-bond donors (Lipinski definition) is 1. The maximum atomic E-state index is 13.3. The predicted molar refractivity (Wildman–Crippen MR) is 73.8 cm³/mol. The van der Waals surface area contributed by atoms with Crippen molar-refractivity contribution in [3.63, 3.8) is 0 Å². The number of nitrogens with two attached hydrogens (primary N) is 1. The molecule has 1 aromatic carbocycles. The van der Waals surface area contributed by atoms with Crippen LogP contribution in [0.4, 0.5) is 4.39 Å². The fourth-order valence-electron chi connectivity index (χ4n) is 1.97. The summed E-state index contributed by atoms with van der Waals surface area (Å²) in [6.07, 6.45) is 0.718. The van der Waals surface area contributed by atoms with Crippen molar-refractivity contribution in [2.45, 2.75) is 13.3 Å². The third-order valence-corrected chi connectivity index (χ3v) is 3.50. The Balaban J connectivity index is 2.53. The van der Waals surface area contributed by atoms with Gasteiger partial charge in [-0.3, -0.25) is 0 Å². The third-order valence-electron chi connectivity index (χ3n) is 2.94. The second kappa shape index (κ2) is 5.20. The fraction of sp³-hybridized carbons (Fsp3) is 0.308. The van der Waals surface area contributed by atoms with Gasteiger partial charge in [-0.05, 0) is 53.2 Å². The summed E-state index contributed by atoms with van der Waals surface area (Å²) in [7, 11) is 1.94. The molecule has 0 aliphatic carbocycles. The quantitative estimate of drug-likeness (QED) is 0.947. The maximum absolute atomic E-state index is 13.3. The highest BCUT2D eigenvalue weighted by Crippen LogP contribution is 2.29. The summed E-state index contributed by atoms with van der Waals surface area (Å²) in [4.78, 5) is 4.43. The van der Waals surface area contributed by atoms with Gasteiger partial charge in [0.15, 0.2) is 0 Å². The van der Waals surface area contributed by atoms with E-state index in [9.17, 15) is 4.39 Å². The zero-order valence-corrected chi connectivity index (χ0v) is 12.0. The molecule has 2 aromatic rings. The molecule has 0 fully saturated rings. The van der Waals surface area contributed by atoms with Crippen LogP contribution >= 0.6 is 15.9 Å². The van der Waals surface area contributed by atoms with Crippen molar-refractivity contribution in [2.24, 2.45) is 12.8 Å². The lowest BCUT2D eigenvalue weighted by Gasteiger charge is -2.07. The molecule has 0 aliphatic heterocycles. The zero-order valence-electron chi connectivity index (χ0n) is 10.4. The lowest BCUT2D eigenvalue weighted by molar-refractivity contribution is 0.618. The van der Waals surface area contributed by atoms with Crippen LogP contribution in [0, 0.1) is 12.7 Å². The Kier molecular flexibility index (Phi) is 3.82. The Labute approximate surface area is 114 Å². The van der Waals surface area contributed by atoms with Crippen LogP contribution in [0.5, 0.6) is 0 Å². The molecule has 0 saturated carbocycles. The summed E-state index contributed by atoms with van der Waals surface area (Å²) < 4.78 is 16.0. The van der Waals surface area contributed by atoms with E-state index >= 15 is 0 Å². The second-order valence-corrected chi connectivity index (χ2v) is 4.98. The van der Waals surface area contributed by atoms with E-state index < -0.39 is 0 Å². The van der Waals surface area contributed by atoms with Crippen LogP contribution in [-0.2, 0) is 13.5 Å². The van der Waals surface area contributed by atoms with Crippen LogP contribution in [-0.4, -0.2) is 16.1 Å². The Morgan fingerprint density at radius 2 is 2.17 bits per heavy atom. The predicted octanol–water partition coefficient (Wildman–Crippen LogP) is 2.80. The number of rotatable bonds is 3. The van der Waals surface area contributed by atoms with Crippen LogP contribution in [0.3, 0.4) is 0 Å². The minimum Gasteiger partial charge on any atom is -0.330 e. The van der Waals surface area contributed by atoms with Crippen molar-refractivity contribution in [1.82, 2.24) is 9.55 Å². The van der Waals surface area contributed by atoms with E-state index in [1.165, 1.54) is 6.07 Å². The van der Waals surface area contributed by atoms with Crippen LogP contribution in [0.1, 0.15) is 11.4 Å². The first-order chi connectivity index (χ1) is 8.54. The van der Waals surface area contributed by atoms with E-state index in [0.717, 1.165) is 28.1 Å². The average molecular weight is 312 g/mol. The molecule has 1 heterocycles. The van der Waals surface area contributed by atoms with Crippen molar-refractivity contribution in [2.75, 3.05) is 6.54 Å². The van der Waals surface area contributed by atoms with Gasteiger partial charge in [-0.25, -0.2) is 9.37 Å².